The van der Waals surface area contributed by atoms with E-state index in [2.05, 4.69) is 4.72 Å². The number of hydrogen-bond acceptors (Lipinski definition) is 4. The molecule has 2 heterocycles. The average Bonchev–Trinajstić information content (AvgIpc) is 2.51. The second kappa shape index (κ2) is 8.23. The fourth-order valence-electron chi connectivity index (χ4n) is 2.52. The standard InChI is InChI=1S/C11H15NO2S.C4H9NO2S/c13-15(14)9-5-4-8-12(15)10-11-6-2-1-3-7-11;6-8(7)4-2-1-3-5-8/h1-3,6-7H,4-5,8-10H2;5H,1-4H2. The monoisotopic (exact) mass is 360 g/mol. The van der Waals surface area contributed by atoms with Crippen LogP contribution in [-0.2, 0) is 26.6 Å². The molecular weight excluding hydrogens is 336 g/mol. The molecule has 0 atom stereocenters. The largest absolute Gasteiger partial charge is 0.215 e. The summed E-state index contributed by atoms with van der Waals surface area (Å²) in [6, 6.07) is 9.74. The van der Waals surface area contributed by atoms with Crippen LogP contribution in [-0.4, -0.2) is 45.7 Å². The number of hydrogen-bond donors (Lipinski definition) is 1. The van der Waals surface area contributed by atoms with E-state index in [-0.39, 0.29) is 0 Å². The van der Waals surface area contributed by atoms with Gasteiger partial charge in [0, 0.05) is 19.6 Å². The molecule has 0 aromatic heterocycles. The second-order valence-corrected chi connectivity index (χ2v) is 9.78. The third kappa shape index (κ3) is 6.21. The molecule has 0 bridgehead atoms. The molecule has 2 aliphatic rings. The molecule has 6 nitrogen and oxygen atoms in total. The second-order valence-electron chi connectivity index (χ2n) is 5.76. The first kappa shape index (κ1) is 18.4. The summed E-state index contributed by atoms with van der Waals surface area (Å²) in [6.07, 6.45) is 3.58. The molecule has 3 rings (SSSR count). The highest BCUT2D eigenvalue weighted by atomic mass is 32.2. The van der Waals surface area contributed by atoms with Crippen molar-refractivity contribution in [1.82, 2.24) is 9.03 Å². The molecule has 0 radical (unpaired) electrons. The van der Waals surface area contributed by atoms with Crippen molar-refractivity contribution in [3.8, 4) is 0 Å². The van der Waals surface area contributed by atoms with Gasteiger partial charge < -0.3 is 0 Å². The van der Waals surface area contributed by atoms with Gasteiger partial charge in [-0.05, 0) is 31.2 Å². The summed E-state index contributed by atoms with van der Waals surface area (Å²) in [4.78, 5) is 0. The zero-order valence-electron chi connectivity index (χ0n) is 13.1. The van der Waals surface area contributed by atoms with Gasteiger partial charge in [-0.3, -0.25) is 0 Å². The molecule has 0 spiro atoms. The molecule has 1 N–H and O–H groups in total. The van der Waals surface area contributed by atoms with Gasteiger partial charge in [-0.2, -0.15) is 4.31 Å². The van der Waals surface area contributed by atoms with Crippen molar-refractivity contribution >= 4 is 20.0 Å². The van der Waals surface area contributed by atoms with Gasteiger partial charge in [-0.1, -0.05) is 30.3 Å². The lowest BCUT2D eigenvalue weighted by atomic mass is 10.2. The van der Waals surface area contributed by atoms with Crippen molar-refractivity contribution in [3.05, 3.63) is 35.9 Å². The molecular formula is C15H24N2O4S2. The van der Waals surface area contributed by atoms with Crippen molar-refractivity contribution in [2.24, 2.45) is 0 Å². The van der Waals surface area contributed by atoms with Crippen molar-refractivity contribution in [3.63, 3.8) is 0 Å². The summed E-state index contributed by atoms with van der Waals surface area (Å²) in [5, 5.41) is 0. The van der Waals surface area contributed by atoms with Gasteiger partial charge in [0.25, 0.3) is 0 Å². The van der Waals surface area contributed by atoms with Gasteiger partial charge in [-0.25, -0.2) is 21.6 Å². The summed E-state index contributed by atoms with van der Waals surface area (Å²) >= 11 is 0. The first-order chi connectivity index (χ1) is 10.9. The number of rotatable bonds is 2. The highest BCUT2D eigenvalue weighted by Crippen LogP contribution is 2.16. The van der Waals surface area contributed by atoms with Crippen LogP contribution >= 0.6 is 0 Å². The molecule has 8 heteroatoms. The molecule has 0 amide bonds. The molecule has 130 valence electrons. The van der Waals surface area contributed by atoms with Crippen LogP contribution in [0.4, 0.5) is 0 Å². The number of nitrogens with zero attached hydrogens (tertiary/aromatic N) is 1. The Morgan fingerprint density at radius 3 is 2.13 bits per heavy atom. The zero-order valence-corrected chi connectivity index (χ0v) is 14.8. The Morgan fingerprint density at radius 2 is 1.61 bits per heavy atom. The third-order valence-electron chi connectivity index (χ3n) is 3.82. The Bertz CT molecular complexity index is 675. The van der Waals surface area contributed by atoms with Crippen molar-refractivity contribution in [1.29, 1.82) is 0 Å². The molecule has 23 heavy (non-hydrogen) atoms. The molecule has 2 aliphatic heterocycles. The minimum absolute atomic E-state index is 0.305. The first-order valence-electron chi connectivity index (χ1n) is 7.88. The maximum atomic E-state index is 11.7. The fraction of sp³-hybridized carbons (Fsp3) is 0.600. The molecule has 0 unspecified atom stereocenters. The predicted molar refractivity (Wildman–Crippen MR) is 90.9 cm³/mol. The highest BCUT2D eigenvalue weighted by Gasteiger charge is 2.25. The Hall–Kier alpha value is -0.960. The quantitative estimate of drug-likeness (QED) is 0.862. The lowest BCUT2D eigenvalue weighted by Gasteiger charge is -2.26. The van der Waals surface area contributed by atoms with E-state index in [4.69, 9.17) is 0 Å². The van der Waals surface area contributed by atoms with Crippen LogP contribution in [0.2, 0.25) is 0 Å². The fourth-order valence-corrected chi connectivity index (χ4v) is 5.29. The van der Waals surface area contributed by atoms with Crippen LogP contribution in [0.25, 0.3) is 0 Å². The van der Waals surface area contributed by atoms with Crippen LogP contribution < -0.4 is 4.72 Å². The Morgan fingerprint density at radius 1 is 0.913 bits per heavy atom. The van der Waals surface area contributed by atoms with Crippen LogP contribution in [0.3, 0.4) is 0 Å². The van der Waals surface area contributed by atoms with E-state index in [1.165, 1.54) is 0 Å². The van der Waals surface area contributed by atoms with Crippen LogP contribution in [0.15, 0.2) is 30.3 Å². The Kier molecular flexibility index (Phi) is 6.58. The maximum Gasteiger partial charge on any atom is 0.214 e. The molecule has 1 aromatic carbocycles. The third-order valence-corrected chi connectivity index (χ3v) is 7.19. The van der Waals surface area contributed by atoms with Gasteiger partial charge in [0.15, 0.2) is 0 Å². The predicted octanol–water partition coefficient (Wildman–Crippen LogP) is 1.31. The summed E-state index contributed by atoms with van der Waals surface area (Å²) in [6.45, 7) is 1.81. The van der Waals surface area contributed by atoms with Gasteiger partial charge >= 0.3 is 0 Å². The van der Waals surface area contributed by atoms with Gasteiger partial charge in [0.1, 0.15) is 0 Å². The lowest BCUT2D eigenvalue weighted by Crippen LogP contribution is -2.37. The number of sulfonamides is 2. The normalized spacial score (nSPS) is 23.5. The smallest absolute Gasteiger partial charge is 0.214 e. The molecule has 2 fully saturated rings. The zero-order chi connectivity index (χ0) is 16.8. The van der Waals surface area contributed by atoms with Crippen molar-refractivity contribution in [2.75, 3.05) is 24.6 Å². The van der Waals surface area contributed by atoms with E-state index in [0.717, 1.165) is 31.2 Å². The highest BCUT2D eigenvalue weighted by molar-refractivity contribution is 7.89. The summed E-state index contributed by atoms with van der Waals surface area (Å²) < 4.78 is 48.5. The molecule has 0 aliphatic carbocycles. The molecule has 2 saturated heterocycles. The van der Waals surface area contributed by atoms with Crippen LogP contribution in [0, 0.1) is 0 Å². The van der Waals surface area contributed by atoms with E-state index >= 15 is 0 Å². The topological polar surface area (TPSA) is 83.5 Å². The van der Waals surface area contributed by atoms with Gasteiger partial charge in [0.05, 0.1) is 11.5 Å². The van der Waals surface area contributed by atoms with E-state index in [1.54, 1.807) is 4.31 Å². The van der Waals surface area contributed by atoms with E-state index < -0.39 is 20.0 Å². The summed E-state index contributed by atoms with van der Waals surface area (Å²) in [7, 11) is -5.82. The summed E-state index contributed by atoms with van der Waals surface area (Å²) in [5.74, 6) is 0.618. The van der Waals surface area contributed by atoms with E-state index in [0.29, 0.717) is 31.1 Å². The van der Waals surface area contributed by atoms with Gasteiger partial charge in [-0.15, -0.1) is 0 Å². The minimum Gasteiger partial charge on any atom is -0.215 e. The van der Waals surface area contributed by atoms with Crippen molar-refractivity contribution < 1.29 is 16.8 Å². The van der Waals surface area contributed by atoms with Crippen molar-refractivity contribution in [2.45, 2.75) is 32.2 Å². The van der Waals surface area contributed by atoms with Gasteiger partial charge in [0.2, 0.25) is 20.0 Å². The Balaban J connectivity index is 0.000000203. The maximum absolute atomic E-state index is 11.7. The van der Waals surface area contributed by atoms with E-state index in [9.17, 15) is 16.8 Å². The lowest BCUT2D eigenvalue weighted by molar-refractivity contribution is 0.378. The van der Waals surface area contributed by atoms with E-state index in [1.807, 2.05) is 30.3 Å². The Labute approximate surface area is 139 Å². The van der Waals surface area contributed by atoms with Crippen LogP contribution in [0.1, 0.15) is 31.2 Å². The molecule has 1 aromatic rings. The summed E-state index contributed by atoms with van der Waals surface area (Å²) in [5.41, 5.74) is 1.06. The number of nitrogens with one attached hydrogen (secondary N) is 1. The molecule has 0 saturated carbocycles. The minimum atomic E-state index is -2.99. The average molecular weight is 361 g/mol. The van der Waals surface area contributed by atoms with Crippen LogP contribution in [0.5, 0.6) is 0 Å². The first-order valence-corrected chi connectivity index (χ1v) is 11.1. The SMILES string of the molecule is O=S1(=O)CCCCN1.O=S1(=O)CCCCN1Cc1ccccc1. The number of benzene rings is 1.